The molecule has 0 fully saturated rings. The minimum atomic E-state index is -4.38. The Bertz CT molecular complexity index is 635. The van der Waals surface area contributed by atoms with Crippen molar-refractivity contribution in [3.05, 3.63) is 36.2 Å². The predicted octanol–water partition coefficient (Wildman–Crippen LogP) is 3.26. The molecule has 8 heteroatoms. The first-order chi connectivity index (χ1) is 9.93. The first kappa shape index (κ1) is 15.6. The molecule has 0 aliphatic rings. The van der Waals surface area contributed by atoms with E-state index >= 15 is 0 Å². The van der Waals surface area contributed by atoms with Gasteiger partial charge in [0.05, 0.1) is 25.0 Å². The largest absolute Gasteiger partial charge is 0.496 e. The van der Waals surface area contributed by atoms with Gasteiger partial charge in [-0.15, -0.1) is 0 Å². The highest BCUT2D eigenvalue weighted by molar-refractivity contribution is 8.00. The topological polar surface area (TPSA) is 55.2 Å². The van der Waals surface area contributed by atoms with Crippen LogP contribution < -0.4 is 4.74 Å². The van der Waals surface area contributed by atoms with Crippen molar-refractivity contribution < 1.29 is 23.0 Å². The Hall–Kier alpha value is -1.80. The quantitative estimate of drug-likeness (QED) is 0.878. The zero-order valence-electron chi connectivity index (χ0n) is 10.9. The third-order valence-corrected chi connectivity index (χ3v) is 3.24. The second-order valence-corrected chi connectivity index (χ2v) is 5.08. The summed E-state index contributed by atoms with van der Waals surface area (Å²) < 4.78 is 42.5. The van der Waals surface area contributed by atoms with Crippen molar-refractivity contribution in [2.45, 2.75) is 17.0 Å². The number of methoxy groups -OCH3 is 1. The van der Waals surface area contributed by atoms with E-state index in [-0.39, 0.29) is 29.1 Å². The number of hydrogen-bond acceptors (Lipinski definition) is 5. The standard InChI is InChI=1S/C13H11F3N2O2S/c1-20-11-3-2-9(21-13(14,15)16)6-10(11)12-17-5-4-8(7-19)18-12/h2-6,19H,7H2,1H3. The zero-order valence-corrected chi connectivity index (χ0v) is 11.7. The first-order valence-electron chi connectivity index (χ1n) is 5.80. The fraction of sp³-hybridized carbons (Fsp3) is 0.231. The minimum Gasteiger partial charge on any atom is -0.496 e. The molecule has 4 nitrogen and oxygen atoms in total. The fourth-order valence-corrected chi connectivity index (χ4v) is 2.25. The number of ether oxygens (including phenoxy) is 1. The van der Waals surface area contributed by atoms with Crippen LogP contribution >= 0.6 is 11.8 Å². The van der Waals surface area contributed by atoms with Crippen molar-refractivity contribution in [3.63, 3.8) is 0 Å². The number of alkyl halides is 3. The molecule has 112 valence electrons. The molecule has 21 heavy (non-hydrogen) atoms. The second kappa shape index (κ2) is 6.31. The van der Waals surface area contributed by atoms with Crippen LogP contribution in [0.25, 0.3) is 11.4 Å². The Balaban J connectivity index is 2.46. The van der Waals surface area contributed by atoms with E-state index in [1.807, 2.05) is 0 Å². The highest BCUT2D eigenvalue weighted by Gasteiger charge is 2.29. The van der Waals surface area contributed by atoms with Crippen molar-refractivity contribution in [2.75, 3.05) is 7.11 Å². The summed E-state index contributed by atoms with van der Waals surface area (Å²) in [4.78, 5) is 8.10. The van der Waals surface area contributed by atoms with E-state index in [0.717, 1.165) is 0 Å². The van der Waals surface area contributed by atoms with Gasteiger partial charge in [0, 0.05) is 11.1 Å². The molecule has 2 aromatic rings. The van der Waals surface area contributed by atoms with Crippen molar-refractivity contribution in [3.8, 4) is 17.1 Å². The molecule has 0 amide bonds. The second-order valence-electron chi connectivity index (χ2n) is 3.94. The maximum absolute atomic E-state index is 12.4. The van der Waals surface area contributed by atoms with Gasteiger partial charge in [-0.2, -0.15) is 13.2 Å². The molecule has 0 aliphatic heterocycles. The Morgan fingerprint density at radius 3 is 2.67 bits per heavy atom. The molecule has 0 unspecified atom stereocenters. The van der Waals surface area contributed by atoms with E-state index in [9.17, 15) is 13.2 Å². The average molecular weight is 316 g/mol. The molecule has 0 spiro atoms. The van der Waals surface area contributed by atoms with Gasteiger partial charge in [0.2, 0.25) is 0 Å². The van der Waals surface area contributed by atoms with Crippen LogP contribution in [-0.2, 0) is 6.61 Å². The van der Waals surface area contributed by atoms with Crippen molar-refractivity contribution in [1.82, 2.24) is 9.97 Å². The highest BCUT2D eigenvalue weighted by Crippen LogP contribution is 2.40. The van der Waals surface area contributed by atoms with E-state index < -0.39 is 5.51 Å². The fourth-order valence-electron chi connectivity index (χ4n) is 1.67. The molecule has 0 saturated heterocycles. The maximum atomic E-state index is 12.4. The minimum absolute atomic E-state index is 0.0105. The van der Waals surface area contributed by atoms with Gasteiger partial charge in [-0.05, 0) is 36.0 Å². The summed E-state index contributed by atoms with van der Waals surface area (Å²) in [6, 6.07) is 5.58. The molecular weight excluding hydrogens is 305 g/mol. The van der Waals surface area contributed by atoms with Crippen LogP contribution in [0, 0.1) is 0 Å². The van der Waals surface area contributed by atoms with E-state index in [1.165, 1.54) is 37.6 Å². The number of halogens is 3. The number of nitrogens with zero attached hydrogens (tertiary/aromatic N) is 2. The lowest BCUT2D eigenvalue weighted by atomic mass is 10.2. The molecule has 1 N–H and O–H groups in total. The number of aliphatic hydroxyl groups excluding tert-OH is 1. The summed E-state index contributed by atoms with van der Waals surface area (Å²) in [5.74, 6) is 0.555. The molecule has 1 heterocycles. The van der Waals surface area contributed by atoms with Gasteiger partial charge in [0.25, 0.3) is 0 Å². The first-order valence-corrected chi connectivity index (χ1v) is 6.61. The Morgan fingerprint density at radius 1 is 1.29 bits per heavy atom. The summed E-state index contributed by atoms with van der Waals surface area (Å²) in [6.45, 7) is -0.283. The summed E-state index contributed by atoms with van der Waals surface area (Å²) in [7, 11) is 1.41. The Kier molecular flexibility index (Phi) is 4.69. The average Bonchev–Trinajstić information content (AvgIpc) is 2.45. The number of benzene rings is 1. The lowest BCUT2D eigenvalue weighted by molar-refractivity contribution is -0.0328. The monoisotopic (exact) mass is 316 g/mol. The van der Waals surface area contributed by atoms with Crippen LogP contribution in [0.4, 0.5) is 13.2 Å². The van der Waals surface area contributed by atoms with Gasteiger partial charge in [-0.3, -0.25) is 0 Å². The van der Waals surface area contributed by atoms with E-state index in [0.29, 0.717) is 17.0 Å². The smallest absolute Gasteiger partial charge is 0.446 e. The molecule has 0 bridgehead atoms. The Morgan fingerprint density at radius 2 is 2.05 bits per heavy atom. The molecular formula is C13H11F3N2O2S. The van der Waals surface area contributed by atoms with E-state index in [2.05, 4.69) is 9.97 Å². The van der Waals surface area contributed by atoms with Gasteiger partial charge < -0.3 is 9.84 Å². The van der Waals surface area contributed by atoms with Crippen LogP contribution in [0.5, 0.6) is 5.75 Å². The van der Waals surface area contributed by atoms with Crippen molar-refractivity contribution >= 4 is 11.8 Å². The van der Waals surface area contributed by atoms with Gasteiger partial charge in [-0.25, -0.2) is 9.97 Å². The van der Waals surface area contributed by atoms with Crippen molar-refractivity contribution in [2.24, 2.45) is 0 Å². The summed E-state index contributed by atoms with van der Waals surface area (Å²) in [6.07, 6.45) is 1.43. The molecule has 0 saturated carbocycles. The van der Waals surface area contributed by atoms with Crippen LogP contribution in [0.1, 0.15) is 5.69 Å². The van der Waals surface area contributed by atoms with Crippen LogP contribution in [0.2, 0.25) is 0 Å². The zero-order chi connectivity index (χ0) is 15.5. The van der Waals surface area contributed by atoms with Gasteiger partial charge in [0.15, 0.2) is 5.82 Å². The van der Waals surface area contributed by atoms with Crippen molar-refractivity contribution in [1.29, 1.82) is 0 Å². The normalized spacial score (nSPS) is 11.5. The van der Waals surface area contributed by atoms with Gasteiger partial charge in [0.1, 0.15) is 5.75 Å². The lowest BCUT2D eigenvalue weighted by Crippen LogP contribution is -2.00. The van der Waals surface area contributed by atoms with Gasteiger partial charge >= 0.3 is 5.51 Å². The number of rotatable bonds is 4. The van der Waals surface area contributed by atoms with E-state index in [4.69, 9.17) is 9.84 Å². The molecule has 2 rings (SSSR count). The highest BCUT2D eigenvalue weighted by atomic mass is 32.2. The third kappa shape index (κ3) is 4.08. The van der Waals surface area contributed by atoms with Crippen LogP contribution in [-0.4, -0.2) is 27.7 Å². The summed E-state index contributed by atoms with van der Waals surface area (Å²) in [5.41, 5.74) is -3.67. The molecule has 0 aliphatic carbocycles. The molecule has 0 atom stereocenters. The lowest BCUT2D eigenvalue weighted by Gasteiger charge is -2.11. The predicted molar refractivity (Wildman–Crippen MR) is 71.9 cm³/mol. The summed E-state index contributed by atoms with van der Waals surface area (Å²) >= 11 is -0.222. The number of aromatic nitrogens is 2. The molecule has 0 radical (unpaired) electrons. The van der Waals surface area contributed by atoms with Crippen LogP contribution in [0.15, 0.2) is 35.4 Å². The number of thioether (sulfide) groups is 1. The maximum Gasteiger partial charge on any atom is 0.446 e. The number of hydrogen-bond donors (Lipinski definition) is 1. The van der Waals surface area contributed by atoms with E-state index in [1.54, 1.807) is 0 Å². The molecule has 1 aromatic heterocycles. The third-order valence-electron chi connectivity index (χ3n) is 2.52. The SMILES string of the molecule is COc1ccc(SC(F)(F)F)cc1-c1nccc(CO)n1. The van der Waals surface area contributed by atoms with Crippen LogP contribution in [0.3, 0.4) is 0 Å². The summed E-state index contributed by atoms with van der Waals surface area (Å²) in [5, 5.41) is 9.07. The molecule has 1 aromatic carbocycles. The van der Waals surface area contributed by atoms with Gasteiger partial charge in [-0.1, -0.05) is 0 Å². The number of aliphatic hydroxyl groups is 1. The Labute approximate surface area is 123 Å².